The second-order valence-electron chi connectivity index (χ2n) is 19.0. The zero-order chi connectivity index (χ0) is 46.6. The van der Waals surface area contributed by atoms with Crippen LogP contribution in [0.2, 0.25) is 0 Å². The lowest BCUT2D eigenvalue weighted by molar-refractivity contribution is -0.678. The third-order valence-corrected chi connectivity index (χ3v) is 14.6. The van der Waals surface area contributed by atoms with E-state index in [4.69, 9.17) is 20.3 Å². The molecule has 0 spiro atoms. The lowest BCUT2D eigenvalue weighted by Crippen LogP contribution is -3.00. The number of aryl methyl sites for hydroxylation is 1. The summed E-state index contributed by atoms with van der Waals surface area (Å²) in [6, 6.07) is 22.7. The van der Waals surface area contributed by atoms with E-state index in [9.17, 15) is 4.79 Å². The first kappa shape index (κ1) is 53.8. The van der Waals surface area contributed by atoms with Crippen LogP contribution in [0.3, 0.4) is 0 Å². The molecule has 0 unspecified atom stereocenters. The van der Waals surface area contributed by atoms with E-state index in [2.05, 4.69) is 85.6 Å². The molecular formula is C59H79BrN2O4S. The number of aromatic nitrogens is 1. The number of rotatable bonds is 31. The van der Waals surface area contributed by atoms with Crippen molar-refractivity contribution in [3.8, 4) is 23.8 Å². The summed E-state index contributed by atoms with van der Waals surface area (Å²) in [6.07, 6.45) is 37.3. The van der Waals surface area contributed by atoms with Crippen LogP contribution in [0, 0.1) is 12.3 Å². The Morgan fingerprint density at radius 3 is 1.96 bits per heavy atom. The Labute approximate surface area is 419 Å². The summed E-state index contributed by atoms with van der Waals surface area (Å²) < 4.78 is 20.8. The van der Waals surface area contributed by atoms with Gasteiger partial charge in [-0.05, 0) is 54.3 Å². The molecule has 8 heteroatoms. The number of allylic oxidation sites excluding steroid dienone is 4. The van der Waals surface area contributed by atoms with E-state index in [0.29, 0.717) is 23.8 Å². The minimum Gasteiger partial charge on any atom is -1.00 e. The molecule has 0 amide bonds. The number of thioether (sulfide) groups is 1. The number of Topliss-reactive ketones (excluding diaryl/α,β-unsaturated/α-hetero) is 1. The van der Waals surface area contributed by atoms with Crippen LogP contribution in [0.15, 0.2) is 99.0 Å². The molecule has 6 rings (SSSR count). The van der Waals surface area contributed by atoms with Crippen LogP contribution in [0.5, 0.6) is 11.5 Å². The number of terminal acetylenes is 1. The number of unbranched alkanes of at least 4 members (excludes halogenated alkanes) is 19. The number of anilines is 1. The van der Waals surface area contributed by atoms with Crippen LogP contribution < -0.4 is 35.9 Å². The fourth-order valence-electron chi connectivity index (χ4n) is 9.65. The number of carbonyl (C=O) groups excluding carboxylic acids is 1. The summed E-state index contributed by atoms with van der Waals surface area (Å²) in [5.41, 5.74) is 7.43. The largest absolute Gasteiger partial charge is 1.00 e. The van der Waals surface area contributed by atoms with Gasteiger partial charge in [-0.3, -0.25) is 4.79 Å². The maximum atomic E-state index is 14.5. The summed E-state index contributed by atoms with van der Waals surface area (Å²) >= 11 is 1.56. The molecule has 4 aromatic rings. The van der Waals surface area contributed by atoms with Crippen molar-refractivity contribution in [2.24, 2.45) is 0 Å². The number of carbonyl (C=O) groups is 1. The molecule has 1 aliphatic heterocycles. The highest BCUT2D eigenvalue weighted by atomic mass is 79.9. The normalized spacial score (nSPS) is 15.3. The van der Waals surface area contributed by atoms with E-state index in [1.165, 1.54) is 127 Å². The van der Waals surface area contributed by atoms with Gasteiger partial charge in [0, 0.05) is 57.9 Å². The van der Waals surface area contributed by atoms with Crippen molar-refractivity contribution in [2.45, 2.75) is 181 Å². The second kappa shape index (κ2) is 28.3. The Balaban J connectivity index is 0.00000840. The molecular weight excluding hydrogens is 913 g/mol. The molecule has 362 valence electrons. The first-order valence-electron chi connectivity index (χ1n) is 25.7. The van der Waals surface area contributed by atoms with Crippen LogP contribution in [-0.2, 0) is 23.4 Å². The van der Waals surface area contributed by atoms with Gasteiger partial charge in [-0.25, -0.2) is 0 Å². The molecule has 1 aromatic heterocycles. The summed E-state index contributed by atoms with van der Waals surface area (Å²) in [7, 11) is 1.73. The molecule has 0 bridgehead atoms. The average molecular weight is 992 g/mol. The monoisotopic (exact) mass is 990 g/mol. The third-order valence-electron chi connectivity index (χ3n) is 13.6. The van der Waals surface area contributed by atoms with Crippen molar-refractivity contribution in [3.63, 3.8) is 0 Å². The molecule has 6 nitrogen and oxygen atoms in total. The molecule has 0 saturated carbocycles. The number of nitrogens with zero attached hydrogens (tertiary/aromatic N) is 2. The first-order valence-corrected chi connectivity index (χ1v) is 26.7. The average Bonchev–Trinajstić information content (AvgIpc) is 3.78. The number of methoxy groups -OCH3 is 1. The Morgan fingerprint density at radius 1 is 0.746 bits per heavy atom. The molecule has 0 radical (unpaired) electrons. The highest BCUT2D eigenvalue weighted by molar-refractivity contribution is 8.03. The second-order valence-corrected chi connectivity index (χ2v) is 20.0. The summed E-state index contributed by atoms with van der Waals surface area (Å²) in [5.74, 6) is 5.57. The fourth-order valence-corrected chi connectivity index (χ4v) is 10.5. The minimum atomic E-state index is -0.340. The number of hydrogen-bond acceptors (Lipinski definition) is 6. The lowest BCUT2D eigenvalue weighted by Gasteiger charge is -2.30. The van der Waals surface area contributed by atoms with Crippen molar-refractivity contribution >= 4 is 40.4 Å². The van der Waals surface area contributed by atoms with Crippen molar-refractivity contribution in [3.05, 3.63) is 112 Å². The Kier molecular flexibility index (Phi) is 22.7. The van der Waals surface area contributed by atoms with Crippen molar-refractivity contribution < 1.29 is 40.2 Å². The topological polar surface area (TPSA) is 55.8 Å². The molecule has 0 atom stereocenters. The smallest absolute Gasteiger partial charge is 0.374 e. The minimum absolute atomic E-state index is 0. The van der Waals surface area contributed by atoms with Gasteiger partial charge < -0.3 is 35.8 Å². The van der Waals surface area contributed by atoms with Crippen molar-refractivity contribution in [1.29, 1.82) is 0 Å². The van der Waals surface area contributed by atoms with Gasteiger partial charge in [-0.1, -0.05) is 180 Å². The number of benzene rings is 3. The van der Waals surface area contributed by atoms with Crippen LogP contribution in [0.1, 0.15) is 180 Å². The van der Waals surface area contributed by atoms with Crippen LogP contribution in [-0.4, -0.2) is 25.2 Å². The number of oxazole rings is 1. The zero-order valence-electron chi connectivity index (χ0n) is 41.6. The predicted molar refractivity (Wildman–Crippen MR) is 278 cm³/mol. The van der Waals surface area contributed by atoms with E-state index in [1.807, 2.05) is 36.4 Å². The lowest BCUT2D eigenvalue weighted by atomic mass is 9.81. The van der Waals surface area contributed by atoms with E-state index in [1.54, 1.807) is 18.9 Å². The van der Waals surface area contributed by atoms with Gasteiger partial charge >= 0.3 is 5.89 Å². The van der Waals surface area contributed by atoms with E-state index >= 15 is 0 Å². The maximum Gasteiger partial charge on any atom is 0.374 e. The molecule has 2 aliphatic rings. The molecule has 1 aliphatic carbocycles. The van der Waals surface area contributed by atoms with Crippen LogP contribution in [0.4, 0.5) is 5.69 Å². The number of hydrogen-bond donors (Lipinski definition) is 0. The Hall–Kier alpha value is -4.19. The zero-order valence-corrected chi connectivity index (χ0v) is 44.0. The van der Waals surface area contributed by atoms with Gasteiger partial charge in [0.05, 0.1) is 18.9 Å². The highest BCUT2D eigenvalue weighted by Crippen LogP contribution is 2.51. The maximum absolute atomic E-state index is 14.5. The van der Waals surface area contributed by atoms with E-state index in [-0.39, 0.29) is 28.2 Å². The summed E-state index contributed by atoms with van der Waals surface area (Å²) in [4.78, 5) is 17.9. The van der Waals surface area contributed by atoms with E-state index in [0.717, 1.165) is 76.7 Å². The molecule has 0 fully saturated rings. The number of fused-ring (bicyclic) bond motifs is 2. The Bertz CT molecular complexity index is 2300. The molecule has 0 N–H and O–H groups in total. The molecule has 2 heterocycles. The Morgan fingerprint density at radius 2 is 1.34 bits per heavy atom. The number of halogens is 1. The molecule has 0 saturated heterocycles. The SMILES string of the molecule is C#CCSC1=C(C=C2N(CCCCCCCCCCCCCCCCCC)c3ccc(OC)cc3C2(C)C)C(=O)C1=Cc1oc2cc(OCc3ccccc3)ccc2[n+]1CCCCCCC.[Br-]. The van der Waals surface area contributed by atoms with E-state index < -0.39 is 0 Å². The predicted octanol–water partition coefficient (Wildman–Crippen LogP) is 12.8. The van der Waals surface area contributed by atoms with Gasteiger partial charge in [-0.15, -0.1) is 18.2 Å². The van der Waals surface area contributed by atoms with Crippen LogP contribution >= 0.6 is 11.8 Å². The number of ketones is 1. The quantitative estimate of drug-likeness (QED) is 0.0217. The first-order chi connectivity index (χ1) is 32.3. The van der Waals surface area contributed by atoms with Gasteiger partial charge in [-0.2, -0.15) is 4.57 Å². The van der Waals surface area contributed by atoms with Crippen molar-refractivity contribution in [1.82, 2.24) is 0 Å². The fraction of sp³-hybridized carbons (Fsp3) is 0.525. The molecule has 3 aromatic carbocycles. The highest BCUT2D eigenvalue weighted by Gasteiger charge is 2.43. The standard InChI is InChI=1S/C59H79N2O4S.BrH/c1-7-10-12-14-15-16-17-18-19-20-21-22-23-24-26-30-38-60-52-36-34-47(63-6)41-51(52)59(4,5)55(60)43-49-57(62)50(58(49)66-40-9-3)44-56-61(39-31-25-13-11-8-2)53-37-35-48(42-54(53)65-56)64-45-46-32-28-27-29-33-46;/h3,27-29,32-37,41-44H,7-8,10-26,30-31,38-40,45H2,1-2,4-6H3;1H/q+1;/p-1. The summed E-state index contributed by atoms with van der Waals surface area (Å²) in [6.45, 7) is 11.3. The number of ether oxygens (including phenoxy) is 2. The molecule has 67 heavy (non-hydrogen) atoms. The third kappa shape index (κ3) is 14.9. The summed E-state index contributed by atoms with van der Waals surface area (Å²) in [5, 5.41) is 0. The van der Waals surface area contributed by atoms with Gasteiger partial charge in [0.15, 0.2) is 12.3 Å². The van der Waals surface area contributed by atoms with Crippen LogP contribution in [0.25, 0.3) is 17.2 Å². The van der Waals surface area contributed by atoms with Gasteiger partial charge in [0.1, 0.15) is 18.1 Å². The van der Waals surface area contributed by atoms with Crippen molar-refractivity contribution in [2.75, 3.05) is 24.3 Å². The van der Waals surface area contributed by atoms with Gasteiger partial charge in [0.2, 0.25) is 5.58 Å². The van der Waals surface area contributed by atoms with Gasteiger partial charge in [0.25, 0.3) is 5.52 Å².